The molecule has 7 rings (SSSR count). The fourth-order valence-corrected chi connectivity index (χ4v) is 8.95. The van der Waals surface area contributed by atoms with E-state index >= 15 is 0 Å². The number of rotatable bonds is 12. The predicted molar refractivity (Wildman–Crippen MR) is 225 cm³/mol. The lowest BCUT2D eigenvalue weighted by Gasteiger charge is -2.43. The average molecular weight is 821 g/mol. The van der Waals surface area contributed by atoms with Crippen LogP contribution in [0, 0.1) is 33.6 Å². The number of aryl methyl sites for hydroxylation is 1. The zero-order chi connectivity index (χ0) is 43.4. The van der Waals surface area contributed by atoms with Crippen molar-refractivity contribution >= 4 is 34.6 Å². The second kappa shape index (κ2) is 16.5. The van der Waals surface area contributed by atoms with Crippen LogP contribution < -0.4 is 20.2 Å². The number of benzene rings is 3. The van der Waals surface area contributed by atoms with E-state index in [1.165, 1.54) is 21.9 Å². The maximum Gasteiger partial charge on any atom is 0.350 e. The van der Waals surface area contributed by atoms with Crippen LogP contribution >= 0.6 is 23.2 Å². The molecule has 2 aliphatic rings. The van der Waals surface area contributed by atoms with Crippen molar-refractivity contribution < 1.29 is 18.3 Å². The molecule has 5 atom stereocenters. The third kappa shape index (κ3) is 7.93. The molecule has 12 nitrogen and oxygen atoms in total. The second-order valence-corrected chi connectivity index (χ2v) is 16.5. The normalized spacial score (nSPS) is 22.5. The van der Waals surface area contributed by atoms with Crippen LogP contribution in [0.4, 0.5) is 11.4 Å². The maximum absolute atomic E-state index is 13.5. The van der Waals surface area contributed by atoms with Crippen molar-refractivity contribution in [2.24, 2.45) is 5.92 Å². The number of nitrogens with zero attached hydrogens (tertiary/aromatic N) is 8. The lowest BCUT2D eigenvalue weighted by atomic mass is 9.96. The first kappa shape index (κ1) is 36.9. The highest BCUT2D eigenvalue weighted by Gasteiger charge is 2.50. The molecular weight excluding hydrogens is 763 g/mol. The monoisotopic (exact) mass is 819 g/mol. The summed E-state index contributed by atoms with van der Waals surface area (Å²) in [5, 5.41) is 9.69. The summed E-state index contributed by atoms with van der Waals surface area (Å²) in [5.41, 5.74) is 5.26. The van der Waals surface area contributed by atoms with Crippen LogP contribution in [0.2, 0.25) is 10.0 Å². The Labute approximate surface area is 349 Å². The highest BCUT2D eigenvalue weighted by atomic mass is 35.5. The van der Waals surface area contributed by atoms with Gasteiger partial charge >= 0.3 is 5.69 Å². The van der Waals surface area contributed by atoms with Gasteiger partial charge < -0.3 is 24.0 Å². The molecule has 14 heteroatoms. The lowest BCUT2D eigenvalue weighted by Crippen LogP contribution is -2.52. The Morgan fingerprint density at radius 1 is 0.982 bits per heavy atom. The first-order valence-corrected chi connectivity index (χ1v) is 20.4. The number of ether oxygens (including phenoxy) is 3. The van der Waals surface area contributed by atoms with Crippen molar-refractivity contribution in [3.8, 4) is 11.4 Å². The fourth-order valence-electron chi connectivity index (χ4n) is 8.25. The van der Waals surface area contributed by atoms with Crippen molar-refractivity contribution in [2.45, 2.75) is 105 Å². The molecule has 304 valence electrons. The molecule has 2 aromatic heterocycles. The van der Waals surface area contributed by atoms with Gasteiger partial charge in [0.2, 0.25) is 5.79 Å². The summed E-state index contributed by atoms with van der Waals surface area (Å²) >= 11 is 13.3. The summed E-state index contributed by atoms with van der Waals surface area (Å²) in [7, 11) is 0. The van der Waals surface area contributed by atoms with Crippen molar-refractivity contribution in [1.29, 1.82) is 0 Å². The maximum atomic E-state index is 13.5. The summed E-state index contributed by atoms with van der Waals surface area (Å²) in [6.07, 6.45) is 4.40. The first-order chi connectivity index (χ1) is 28.5. The molecule has 0 aliphatic carbocycles. The molecule has 4 heterocycles. The lowest BCUT2D eigenvalue weighted by molar-refractivity contribution is -0.196. The predicted octanol–water partition coefficient (Wildman–Crippen LogP) is 8.22. The molecule has 2 aliphatic heterocycles. The zero-order valence-corrected chi connectivity index (χ0v) is 35.6. The molecule has 3 unspecified atom stereocenters. The number of hydrogen-bond donors (Lipinski definition) is 0. The van der Waals surface area contributed by atoms with E-state index in [0.29, 0.717) is 46.5 Å². The molecule has 57 heavy (non-hydrogen) atoms. The average Bonchev–Trinajstić information content (AvgIpc) is 3.92. The van der Waals surface area contributed by atoms with E-state index in [0.717, 1.165) is 34.5 Å². The summed E-state index contributed by atoms with van der Waals surface area (Å²) in [6, 6.07) is 7.69. The van der Waals surface area contributed by atoms with Gasteiger partial charge in [0.15, 0.2) is 0 Å². The van der Waals surface area contributed by atoms with Gasteiger partial charge in [-0.3, -0.25) is 0 Å². The molecule has 0 radical (unpaired) electrons. The molecule has 3 aromatic carbocycles. The highest BCUT2D eigenvalue weighted by molar-refractivity contribution is 6.35. The second-order valence-electron chi connectivity index (χ2n) is 15.7. The van der Waals surface area contributed by atoms with Crippen LogP contribution in [0.1, 0.15) is 79.0 Å². The number of halogens is 2. The van der Waals surface area contributed by atoms with Gasteiger partial charge in [-0.25, -0.2) is 23.7 Å². The van der Waals surface area contributed by atoms with Crippen molar-refractivity contribution in [2.75, 3.05) is 36.0 Å². The van der Waals surface area contributed by atoms with Gasteiger partial charge in [-0.05, 0) is 119 Å². The van der Waals surface area contributed by atoms with E-state index in [1.807, 2.05) is 54.5 Å². The van der Waals surface area contributed by atoms with Crippen LogP contribution in [0.5, 0.6) is 5.75 Å². The molecule has 5 aromatic rings. The van der Waals surface area contributed by atoms with Crippen LogP contribution in [-0.2, 0) is 21.8 Å². The summed E-state index contributed by atoms with van der Waals surface area (Å²) in [5.74, 6) is -0.345. The SMILES string of the molecule is [2H]c1c([2H])c(-n2cnn(C(CC)C(C)C)c2=O)c([2H])c(C)c1N1CCN(c2ccc(OC[C@H]3O[C@](Cn4cncn4)(c4c(Cl)cc(Cl)c(C)c4C)OC3C)c(C)c2)C(C)C1. The number of hydrogen-bond acceptors (Lipinski definition) is 9. The smallest absolute Gasteiger partial charge is 0.350 e. The minimum absolute atomic E-state index is 0.00449. The molecule has 2 fully saturated rings. The minimum atomic E-state index is -1.25. The van der Waals surface area contributed by atoms with Crippen molar-refractivity contribution in [3.63, 3.8) is 0 Å². The fraction of sp³-hybridized carbons (Fsp3) is 0.488. The molecule has 0 bridgehead atoms. The van der Waals surface area contributed by atoms with Crippen LogP contribution in [0.3, 0.4) is 0 Å². The third-order valence-corrected chi connectivity index (χ3v) is 12.2. The van der Waals surface area contributed by atoms with Crippen LogP contribution in [0.15, 0.2) is 66.2 Å². The number of aromatic nitrogens is 6. The molecule has 0 spiro atoms. The van der Waals surface area contributed by atoms with Gasteiger partial charge in [-0.15, -0.1) is 0 Å². The van der Waals surface area contributed by atoms with Crippen LogP contribution in [0.25, 0.3) is 5.69 Å². The number of anilines is 2. The van der Waals surface area contributed by atoms with Crippen molar-refractivity contribution in [3.05, 3.63) is 110 Å². The Morgan fingerprint density at radius 2 is 1.77 bits per heavy atom. The Balaban J connectivity index is 1.05. The zero-order valence-electron chi connectivity index (χ0n) is 37.1. The minimum Gasteiger partial charge on any atom is -0.490 e. The van der Waals surface area contributed by atoms with E-state index in [4.69, 9.17) is 41.5 Å². The largest absolute Gasteiger partial charge is 0.490 e. The van der Waals surface area contributed by atoms with Gasteiger partial charge in [-0.1, -0.05) is 44.0 Å². The van der Waals surface area contributed by atoms with Gasteiger partial charge in [-0.2, -0.15) is 10.2 Å². The van der Waals surface area contributed by atoms with Gasteiger partial charge in [0.1, 0.15) is 44.0 Å². The summed E-state index contributed by atoms with van der Waals surface area (Å²) in [4.78, 5) is 22.0. The summed E-state index contributed by atoms with van der Waals surface area (Å²) < 4.78 is 51.4. The third-order valence-electron chi connectivity index (χ3n) is 11.5. The molecular formula is C43H54Cl2N8O4. The van der Waals surface area contributed by atoms with E-state index in [9.17, 15) is 4.79 Å². The first-order valence-electron chi connectivity index (χ1n) is 21.1. The number of piperazine rings is 1. The molecule has 0 N–H and O–H groups in total. The highest BCUT2D eigenvalue weighted by Crippen LogP contribution is 2.46. The molecule has 0 saturated carbocycles. The van der Waals surface area contributed by atoms with E-state index < -0.39 is 17.6 Å². The van der Waals surface area contributed by atoms with E-state index in [-0.39, 0.29) is 61.1 Å². The van der Waals surface area contributed by atoms with Gasteiger partial charge in [0.25, 0.3) is 0 Å². The standard InChI is InChI=1S/C43H54Cl2N8O4/c1-10-37(26(2)3)53-42(54)52(25-48-53)34-11-13-38(27(4)17-34)49-15-16-51(29(6)20-49)33-12-14-39(28(5)18-33)55-21-40-32(9)56-43(57-40,22-50-24-46-23-47-50)41-31(8)30(7)35(44)19-36(41)45/h11-14,17-19,23-26,29,32,37,40H,10,15-16,20-22H2,1-9H3/t29?,32?,37?,40-,43-/m1/s1/i11D,13D,17D. The van der Waals surface area contributed by atoms with E-state index in [1.54, 1.807) is 24.0 Å². The van der Waals surface area contributed by atoms with E-state index in [2.05, 4.69) is 44.0 Å². The van der Waals surface area contributed by atoms with Gasteiger partial charge in [0, 0.05) is 47.6 Å². The Kier molecular flexibility index (Phi) is 10.7. The Bertz CT molecular complexity index is 2410. The van der Waals surface area contributed by atoms with Crippen molar-refractivity contribution in [1.82, 2.24) is 29.1 Å². The topological polar surface area (TPSA) is 105 Å². The van der Waals surface area contributed by atoms with Crippen LogP contribution in [-0.4, -0.2) is 73.6 Å². The Hall–Kier alpha value is -4.36. The van der Waals surface area contributed by atoms with Gasteiger partial charge in [0.05, 0.1) is 27.0 Å². The Morgan fingerprint density at radius 3 is 2.46 bits per heavy atom. The molecule has 2 saturated heterocycles. The summed E-state index contributed by atoms with van der Waals surface area (Å²) in [6.45, 7) is 20.2. The molecule has 0 amide bonds. The quantitative estimate of drug-likeness (QED) is 0.123.